The van der Waals surface area contributed by atoms with Crippen molar-refractivity contribution in [2.45, 2.75) is 13.3 Å². The molecule has 164 valence electrons. The van der Waals surface area contributed by atoms with Gasteiger partial charge in [-0.3, -0.25) is 9.69 Å². The van der Waals surface area contributed by atoms with E-state index in [1.807, 2.05) is 61.5 Å². The van der Waals surface area contributed by atoms with Crippen LogP contribution in [0.5, 0.6) is 0 Å². The highest BCUT2D eigenvalue weighted by atomic mass is 79.9. The van der Waals surface area contributed by atoms with Crippen molar-refractivity contribution >= 4 is 50.5 Å². The lowest BCUT2D eigenvalue weighted by Gasteiger charge is -2.15. The molecule has 5 nitrogen and oxygen atoms in total. The van der Waals surface area contributed by atoms with Crippen LogP contribution in [0.2, 0.25) is 0 Å². The minimum Gasteiger partial charge on any atom is -0.457 e. The Kier molecular flexibility index (Phi) is 7.29. The molecule has 32 heavy (non-hydrogen) atoms. The fraction of sp³-hybridized carbons (Fsp3) is 0.200. The lowest BCUT2D eigenvalue weighted by molar-refractivity contribution is -0.122. The van der Waals surface area contributed by atoms with Crippen LogP contribution in [-0.4, -0.2) is 36.2 Å². The Bertz CT molecular complexity index is 1170. The molecular formula is C25H23BrN2O3S. The van der Waals surface area contributed by atoms with Gasteiger partial charge in [-0.25, -0.2) is 4.99 Å². The summed E-state index contributed by atoms with van der Waals surface area (Å²) in [6, 6.07) is 19.6. The number of nitrogens with zero attached hydrogens (tertiary/aromatic N) is 2. The van der Waals surface area contributed by atoms with Crippen molar-refractivity contribution in [3.8, 4) is 11.3 Å². The fourth-order valence-electron chi connectivity index (χ4n) is 3.29. The standard InChI is InChI=1S/C25H23BrN2O3S/c1-17-9-11-20(21(26)15-17)22-12-10-19(31-22)16-23-24(29)28(13-6-14-30-2)25(32-23)27-18-7-4-3-5-8-18/h3-5,7-12,15-16H,6,13-14H2,1-2H3/b23-16+,27-25?. The maximum atomic E-state index is 13.1. The van der Waals surface area contributed by atoms with E-state index in [0.717, 1.165) is 27.9 Å². The number of methoxy groups -OCH3 is 1. The van der Waals surface area contributed by atoms with Gasteiger partial charge in [0.05, 0.1) is 10.6 Å². The zero-order chi connectivity index (χ0) is 22.5. The van der Waals surface area contributed by atoms with E-state index in [2.05, 4.69) is 22.0 Å². The molecule has 0 radical (unpaired) electrons. The van der Waals surface area contributed by atoms with E-state index in [4.69, 9.17) is 14.1 Å². The third-order valence-electron chi connectivity index (χ3n) is 4.89. The van der Waals surface area contributed by atoms with E-state index in [0.29, 0.717) is 29.0 Å². The molecule has 4 rings (SSSR count). The zero-order valence-electron chi connectivity index (χ0n) is 17.9. The smallest absolute Gasteiger partial charge is 0.266 e. The molecule has 1 fully saturated rings. The number of amides is 1. The van der Waals surface area contributed by atoms with Gasteiger partial charge in [-0.15, -0.1) is 0 Å². The lowest BCUT2D eigenvalue weighted by Crippen LogP contribution is -2.30. The van der Waals surface area contributed by atoms with Gasteiger partial charge in [0, 0.05) is 36.4 Å². The Morgan fingerprint density at radius 1 is 1.16 bits per heavy atom. The van der Waals surface area contributed by atoms with Crippen molar-refractivity contribution in [1.82, 2.24) is 4.90 Å². The number of aryl methyl sites for hydroxylation is 1. The van der Waals surface area contributed by atoms with Gasteiger partial charge in [0.15, 0.2) is 5.17 Å². The number of halogens is 1. The van der Waals surface area contributed by atoms with Gasteiger partial charge >= 0.3 is 0 Å². The van der Waals surface area contributed by atoms with Crippen LogP contribution in [0.15, 0.2) is 79.5 Å². The summed E-state index contributed by atoms with van der Waals surface area (Å²) >= 11 is 4.96. The predicted molar refractivity (Wildman–Crippen MR) is 134 cm³/mol. The Morgan fingerprint density at radius 3 is 2.72 bits per heavy atom. The van der Waals surface area contributed by atoms with Crippen molar-refractivity contribution in [3.05, 3.63) is 81.4 Å². The van der Waals surface area contributed by atoms with Gasteiger partial charge < -0.3 is 9.15 Å². The van der Waals surface area contributed by atoms with Crippen LogP contribution in [0, 0.1) is 6.92 Å². The maximum Gasteiger partial charge on any atom is 0.266 e. The molecule has 2 aromatic carbocycles. The molecule has 0 aliphatic carbocycles. The van der Waals surface area contributed by atoms with E-state index >= 15 is 0 Å². The summed E-state index contributed by atoms with van der Waals surface area (Å²) in [4.78, 5) is 20.1. The van der Waals surface area contributed by atoms with Gasteiger partial charge in [0.2, 0.25) is 0 Å². The molecule has 1 aromatic heterocycles. The molecule has 0 saturated carbocycles. The molecule has 2 heterocycles. The second kappa shape index (κ2) is 10.3. The number of amidine groups is 1. The minimum absolute atomic E-state index is 0.0738. The number of ether oxygens (including phenoxy) is 1. The summed E-state index contributed by atoms with van der Waals surface area (Å²) in [5, 5.41) is 0.664. The molecule has 0 N–H and O–H groups in total. The third kappa shape index (κ3) is 5.23. The summed E-state index contributed by atoms with van der Waals surface area (Å²) in [5.74, 6) is 1.30. The van der Waals surface area contributed by atoms with E-state index in [1.54, 1.807) is 18.1 Å². The maximum absolute atomic E-state index is 13.1. The first-order valence-corrected chi connectivity index (χ1v) is 11.9. The van der Waals surface area contributed by atoms with Crippen molar-refractivity contribution in [2.75, 3.05) is 20.3 Å². The van der Waals surface area contributed by atoms with Crippen LogP contribution in [0.4, 0.5) is 5.69 Å². The van der Waals surface area contributed by atoms with E-state index < -0.39 is 0 Å². The van der Waals surface area contributed by atoms with Gasteiger partial charge in [0.25, 0.3) is 5.91 Å². The van der Waals surface area contributed by atoms with E-state index in [-0.39, 0.29) is 5.91 Å². The second-order valence-electron chi connectivity index (χ2n) is 7.33. The highest BCUT2D eigenvalue weighted by Gasteiger charge is 2.33. The summed E-state index contributed by atoms with van der Waals surface area (Å²) < 4.78 is 12.2. The van der Waals surface area contributed by atoms with Gasteiger partial charge in [-0.2, -0.15) is 0 Å². The Morgan fingerprint density at radius 2 is 1.97 bits per heavy atom. The largest absolute Gasteiger partial charge is 0.457 e. The first kappa shape index (κ1) is 22.6. The third-order valence-corrected chi connectivity index (χ3v) is 6.55. The predicted octanol–water partition coefficient (Wildman–Crippen LogP) is 6.66. The second-order valence-corrected chi connectivity index (χ2v) is 9.19. The molecule has 1 aliphatic rings. The summed E-state index contributed by atoms with van der Waals surface area (Å²) in [6.07, 6.45) is 2.52. The number of carbonyl (C=O) groups is 1. The number of benzene rings is 2. The monoisotopic (exact) mass is 510 g/mol. The lowest BCUT2D eigenvalue weighted by atomic mass is 10.1. The molecule has 3 aromatic rings. The van der Waals surface area contributed by atoms with E-state index in [9.17, 15) is 4.79 Å². The number of hydrogen-bond acceptors (Lipinski definition) is 5. The Labute approximate surface area is 200 Å². The Hall–Kier alpha value is -2.61. The highest BCUT2D eigenvalue weighted by molar-refractivity contribution is 9.10. The molecule has 0 unspecified atom stereocenters. The average Bonchev–Trinajstić information content (AvgIpc) is 3.35. The van der Waals surface area contributed by atoms with Gasteiger partial charge in [0.1, 0.15) is 11.5 Å². The fourth-order valence-corrected chi connectivity index (χ4v) is 4.99. The summed E-state index contributed by atoms with van der Waals surface area (Å²) in [6.45, 7) is 3.17. The quantitative estimate of drug-likeness (QED) is 0.263. The number of thioether (sulfide) groups is 1. The number of aliphatic imine (C=N–C) groups is 1. The van der Waals surface area contributed by atoms with Gasteiger partial charge in [-0.1, -0.05) is 40.2 Å². The zero-order valence-corrected chi connectivity index (χ0v) is 20.3. The number of para-hydroxylation sites is 1. The van der Waals surface area contributed by atoms with E-state index in [1.165, 1.54) is 17.3 Å². The van der Waals surface area contributed by atoms with Gasteiger partial charge in [-0.05, 0) is 67.1 Å². The van der Waals surface area contributed by atoms with Crippen LogP contribution in [-0.2, 0) is 9.53 Å². The molecular weight excluding hydrogens is 488 g/mol. The number of carbonyl (C=O) groups excluding carboxylic acids is 1. The molecule has 1 saturated heterocycles. The first-order valence-electron chi connectivity index (χ1n) is 10.3. The van der Waals surface area contributed by atoms with Crippen LogP contribution in [0.25, 0.3) is 17.4 Å². The van der Waals surface area contributed by atoms with Crippen LogP contribution >= 0.6 is 27.7 Å². The summed E-state index contributed by atoms with van der Waals surface area (Å²) in [7, 11) is 1.66. The normalized spacial score (nSPS) is 16.5. The topological polar surface area (TPSA) is 55.0 Å². The minimum atomic E-state index is -0.0738. The molecule has 1 amide bonds. The summed E-state index contributed by atoms with van der Waals surface area (Å²) in [5.41, 5.74) is 2.95. The molecule has 0 atom stereocenters. The van der Waals surface area contributed by atoms with Crippen molar-refractivity contribution in [3.63, 3.8) is 0 Å². The molecule has 1 aliphatic heterocycles. The van der Waals surface area contributed by atoms with Crippen LogP contribution in [0.3, 0.4) is 0 Å². The Balaban J connectivity index is 1.61. The number of rotatable bonds is 7. The van der Waals surface area contributed by atoms with Crippen LogP contribution < -0.4 is 0 Å². The SMILES string of the molecule is COCCCN1C(=O)/C(=C\c2ccc(-c3ccc(C)cc3Br)o2)SC1=Nc1ccccc1. The van der Waals surface area contributed by atoms with Crippen LogP contribution in [0.1, 0.15) is 17.7 Å². The van der Waals surface area contributed by atoms with Crippen molar-refractivity contribution < 1.29 is 13.9 Å². The molecule has 0 spiro atoms. The molecule has 7 heteroatoms. The first-order chi connectivity index (χ1) is 15.5. The average molecular weight is 511 g/mol. The number of furan rings is 1. The van der Waals surface area contributed by atoms with Crippen molar-refractivity contribution in [2.24, 2.45) is 4.99 Å². The number of hydrogen-bond donors (Lipinski definition) is 0. The highest BCUT2D eigenvalue weighted by Crippen LogP contribution is 2.36. The van der Waals surface area contributed by atoms with Crippen molar-refractivity contribution in [1.29, 1.82) is 0 Å². The molecule has 0 bridgehead atoms.